The second-order valence-corrected chi connectivity index (χ2v) is 6.95. The average Bonchev–Trinajstić information content (AvgIpc) is 2.83. The van der Waals surface area contributed by atoms with Crippen LogP contribution in [0.2, 0.25) is 0 Å². The Morgan fingerprint density at radius 2 is 1.95 bits per heavy atom. The van der Waals surface area contributed by atoms with Gasteiger partial charge >= 0.3 is 0 Å². The molecule has 0 aliphatic heterocycles. The molecule has 0 fully saturated rings. The molecule has 3 aliphatic carbocycles. The number of carbonyl (C=O) groups is 1. The molecule has 0 saturated carbocycles. The van der Waals surface area contributed by atoms with Crippen LogP contribution >= 0.6 is 0 Å². The fourth-order valence-corrected chi connectivity index (χ4v) is 4.61. The van der Waals surface area contributed by atoms with Crippen molar-refractivity contribution < 1.29 is 9.53 Å². The first-order chi connectivity index (χ1) is 10.6. The van der Waals surface area contributed by atoms with Crippen LogP contribution in [0.1, 0.15) is 49.3 Å². The molecule has 0 N–H and O–H groups in total. The van der Waals surface area contributed by atoms with Gasteiger partial charge in [0.05, 0.1) is 12.5 Å². The summed E-state index contributed by atoms with van der Waals surface area (Å²) in [5.74, 6) is 1.39. The lowest BCUT2D eigenvalue weighted by molar-refractivity contribution is -0.124. The monoisotopic (exact) mass is 294 g/mol. The van der Waals surface area contributed by atoms with Gasteiger partial charge in [0.1, 0.15) is 11.5 Å². The van der Waals surface area contributed by atoms with E-state index < -0.39 is 0 Å². The van der Waals surface area contributed by atoms with Gasteiger partial charge in [0.2, 0.25) is 0 Å². The molecule has 22 heavy (non-hydrogen) atoms. The molecule has 114 valence electrons. The van der Waals surface area contributed by atoms with Crippen LogP contribution in [0, 0.1) is 12.3 Å². The number of Topliss-reactive ketones (excluding diaryl/α,β-unsaturated/α-hetero) is 1. The van der Waals surface area contributed by atoms with Crippen molar-refractivity contribution in [3.63, 3.8) is 0 Å². The molecule has 1 aromatic rings. The van der Waals surface area contributed by atoms with Crippen LogP contribution in [0.25, 0.3) is 5.57 Å². The van der Waals surface area contributed by atoms with Crippen LogP contribution in [0.3, 0.4) is 0 Å². The van der Waals surface area contributed by atoms with Crippen molar-refractivity contribution in [3.05, 3.63) is 46.0 Å². The summed E-state index contributed by atoms with van der Waals surface area (Å²) in [5.41, 5.74) is 8.16. The highest BCUT2D eigenvalue weighted by Crippen LogP contribution is 2.54. The van der Waals surface area contributed by atoms with Gasteiger partial charge in [-0.3, -0.25) is 4.79 Å². The van der Waals surface area contributed by atoms with Gasteiger partial charge in [0.15, 0.2) is 0 Å². The molecular weight excluding hydrogens is 272 g/mol. The number of fused-ring (bicyclic) bond motifs is 4. The number of allylic oxidation sites excluding steroid dienone is 4. The molecule has 2 heteroatoms. The van der Waals surface area contributed by atoms with Gasteiger partial charge in [0, 0.05) is 6.42 Å². The van der Waals surface area contributed by atoms with Gasteiger partial charge in [0.25, 0.3) is 0 Å². The third kappa shape index (κ3) is 1.64. The summed E-state index contributed by atoms with van der Waals surface area (Å²) in [7, 11) is 1.74. The van der Waals surface area contributed by atoms with Crippen molar-refractivity contribution >= 4 is 11.4 Å². The molecule has 0 radical (unpaired) electrons. The Hall–Kier alpha value is -1.83. The summed E-state index contributed by atoms with van der Waals surface area (Å²) < 4.78 is 5.47. The summed E-state index contributed by atoms with van der Waals surface area (Å²) >= 11 is 0. The van der Waals surface area contributed by atoms with Crippen molar-refractivity contribution in [2.24, 2.45) is 5.41 Å². The number of hydrogen-bond acceptors (Lipinski definition) is 2. The first kappa shape index (κ1) is 13.8. The van der Waals surface area contributed by atoms with E-state index in [2.05, 4.69) is 32.1 Å². The quantitative estimate of drug-likeness (QED) is 0.767. The topological polar surface area (TPSA) is 26.3 Å². The average molecular weight is 294 g/mol. The lowest BCUT2D eigenvalue weighted by Gasteiger charge is -2.38. The number of hydrogen-bond donors (Lipinski definition) is 0. The van der Waals surface area contributed by atoms with Crippen LogP contribution in [-0.4, -0.2) is 12.9 Å². The minimum Gasteiger partial charge on any atom is -0.496 e. The Morgan fingerprint density at radius 3 is 2.73 bits per heavy atom. The third-order valence-corrected chi connectivity index (χ3v) is 5.98. The highest BCUT2D eigenvalue weighted by molar-refractivity contribution is 5.96. The normalized spacial score (nSPS) is 26.3. The molecule has 1 unspecified atom stereocenters. The molecular formula is C20H22O2. The number of rotatable bonds is 1. The van der Waals surface area contributed by atoms with Gasteiger partial charge in [-0.25, -0.2) is 0 Å². The van der Waals surface area contributed by atoms with Crippen molar-refractivity contribution in [1.29, 1.82) is 0 Å². The minimum atomic E-state index is -0.210. The zero-order chi connectivity index (χ0) is 15.5. The van der Waals surface area contributed by atoms with E-state index in [4.69, 9.17) is 4.74 Å². The van der Waals surface area contributed by atoms with Crippen LogP contribution in [0.5, 0.6) is 5.75 Å². The first-order valence-corrected chi connectivity index (χ1v) is 8.19. The SMILES string of the molecule is COc1ccc2c(c1C)CCC1=C2CCC2(C)C(=O)CC=C12. The molecule has 0 heterocycles. The number of benzene rings is 1. The Morgan fingerprint density at radius 1 is 1.14 bits per heavy atom. The molecule has 0 amide bonds. The van der Waals surface area contributed by atoms with E-state index in [1.165, 1.54) is 33.4 Å². The number of ketones is 1. The summed E-state index contributed by atoms with van der Waals surface area (Å²) in [6, 6.07) is 4.31. The summed E-state index contributed by atoms with van der Waals surface area (Å²) in [4.78, 5) is 12.3. The molecule has 3 aliphatic rings. The molecule has 0 spiro atoms. The van der Waals surface area contributed by atoms with Gasteiger partial charge in [-0.2, -0.15) is 0 Å². The smallest absolute Gasteiger partial charge is 0.146 e. The standard InChI is InChI=1S/C20H22O2/c1-12-13-4-5-16-15(14(13)6-8-18(12)22-3)10-11-20(2)17(16)7-9-19(20)21/h6-8H,4-5,9-11H2,1-3H3. The second-order valence-electron chi connectivity index (χ2n) is 6.95. The summed E-state index contributed by atoms with van der Waals surface area (Å²) in [6.45, 7) is 4.31. The minimum absolute atomic E-state index is 0.210. The molecule has 4 rings (SSSR count). The van der Waals surface area contributed by atoms with Gasteiger partial charge in [-0.05, 0) is 79.0 Å². The van der Waals surface area contributed by atoms with E-state index in [9.17, 15) is 4.79 Å². The van der Waals surface area contributed by atoms with Gasteiger partial charge in [-0.1, -0.05) is 12.1 Å². The molecule has 0 aromatic heterocycles. The number of ether oxygens (including phenoxy) is 1. The van der Waals surface area contributed by atoms with Crippen molar-refractivity contribution in [2.45, 2.75) is 46.0 Å². The van der Waals surface area contributed by atoms with E-state index in [0.717, 1.165) is 31.4 Å². The van der Waals surface area contributed by atoms with Crippen LogP contribution in [0.15, 0.2) is 29.4 Å². The van der Waals surface area contributed by atoms with E-state index in [1.807, 2.05) is 0 Å². The second kappa shape index (κ2) is 4.58. The van der Waals surface area contributed by atoms with E-state index in [0.29, 0.717) is 12.2 Å². The van der Waals surface area contributed by atoms with Gasteiger partial charge < -0.3 is 4.74 Å². The van der Waals surface area contributed by atoms with E-state index >= 15 is 0 Å². The molecule has 0 saturated heterocycles. The predicted octanol–water partition coefficient (Wildman–Crippen LogP) is 4.40. The number of carbonyl (C=O) groups excluding carboxylic acids is 1. The maximum absolute atomic E-state index is 12.3. The lowest BCUT2D eigenvalue weighted by atomic mass is 9.65. The zero-order valence-corrected chi connectivity index (χ0v) is 13.6. The summed E-state index contributed by atoms with van der Waals surface area (Å²) in [5, 5.41) is 0. The van der Waals surface area contributed by atoms with Crippen molar-refractivity contribution in [2.75, 3.05) is 7.11 Å². The fourth-order valence-electron chi connectivity index (χ4n) is 4.61. The van der Waals surface area contributed by atoms with E-state index in [-0.39, 0.29) is 5.41 Å². The molecule has 2 nitrogen and oxygen atoms in total. The summed E-state index contributed by atoms with van der Waals surface area (Å²) in [6.07, 6.45) is 6.91. The molecule has 1 atom stereocenters. The van der Waals surface area contributed by atoms with Crippen LogP contribution in [-0.2, 0) is 11.2 Å². The Balaban J connectivity index is 1.88. The van der Waals surface area contributed by atoms with Crippen LogP contribution < -0.4 is 4.74 Å². The van der Waals surface area contributed by atoms with E-state index in [1.54, 1.807) is 7.11 Å². The molecule has 1 aromatic carbocycles. The Kier molecular flexibility index (Phi) is 2.87. The molecule has 0 bridgehead atoms. The van der Waals surface area contributed by atoms with Crippen LogP contribution in [0.4, 0.5) is 0 Å². The Labute approximate surface area is 131 Å². The predicted molar refractivity (Wildman–Crippen MR) is 88.0 cm³/mol. The van der Waals surface area contributed by atoms with Crippen molar-refractivity contribution in [3.8, 4) is 5.75 Å². The fraction of sp³-hybridized carbons (Fsp3) is 0.450. The first-order valence-electron chi connectivity index (χ1n) is 8.19. The van der Waals surface area contributed by atoms with Crippen molar-refractivity contribution in [1.82, 2.24) is 0 Å². The highest BCUT2D eigenvalue weighted by Gasteiger charge is 2.45. The maximum atomic E-state index is 12.3. The highest BCUT2D eigenvalue weighted by atomic mass is 16.5. The largest absolute Gasteiger partial charge is 0.496 e. The number of methoxy groups -OCH3 is 1. The zero-order valence-electron chi connectivity index (χ0n) is 13.6. The maximum Gasteiger partial charge on any atom is 0.146 e. The Bertz CT molecular complexity index is 751. The van der Waals surface area contributed by atoms with Gasteiger partial charge in [-0.15, -0.1) is 0 Å². The third-order valence-electron chi connectivity index (χ3n) is 5.98. The lowest BCUT2D eigenvalue weighted by Crippen LogP contribution is -2.30.